The fourth-order valence-electron chi connectivity index (χ4n) is 4.34. The van der Waals surface area contributed by atoms with Crippen molar-refractivity contribution in [1.82, 2.24) is 19.9 Å². The van der Waals surface area contributed by atoms with Crippen molar-refractivity contribution in [3.8, 4) is 11.3 Å². The minimum absolute atomic E-state index is 0.358. The fraction of sp³-hybridized carbons (Fsp3) is 0.200. The van der Waals surface area contributed by atoms with Gasteiger partial charge in [0.2, 0.25) is 0 Å². The highest BCUT2D eigenvalue weighted by molar-refractivity contribution is 6.31. The van der Waals surface area contributed by atoms with Crippen LogP contribution in [0.2, 0.25) is 5.02 Å². The Morgan fingerprint density at radius 2 is 1.74 bits per heavy atom. The molecule has 1 atom stereocenters. The van der Waals surface area contributed by atoms with Crippen molar-refractivity contribution >= 4 is 39.3 Å². The third-order valence-corrected chi connectivity index (χ3v) is 6.43. The number of benzene rings is 2. The molecule has 4 heterocycles. The molecule has 3 aromatic heterocycles. The lowest BCUT2D eigenvalue weighted by atomic mass is 9.99. The standard InChI is InChI=1S/C25H20ClN5O3/c26-19-4-1-15(11-18(19)24(32)23-25-20(5-8-34-25)27-13-30-23)22-17-3-2-16(12-21(17)28-14-29-22)31-6-9-33-10-7-31/h1-5,8,11-14,24,32H,6-7,9-10H2. The normalized spacial score (nSPS) is 15.2. The molecule has 0 spiro atoms. The minimum Gasteiger partial charge on any atom is -0.461 e. The molecule has 0 amide bonds. The van der Waals surface area contributed by atoms with Crippen molar-refractivity contribution in [2.24, 2.45) is 0 Å². The number of fused-ring (bicyclic) bond motifs is 2. The van der Waals surface area contributed by atoms with Crippen LogP contribution in [0.5, 0.6) is 0 Å². The zero-order valence-electron chi connectivity index (χ0n) is 18.1. The number of furan rings is 1. The number of aromatic nitrogens is 4. The van der Waals surface area contributed by atoms with E-state index in [1.807, 2.05) is 18.2 Å². The summed E-state index contributed by atoms with van der Waals surface area (Å²) in [6, 6.07) is 13.4. The summed E-state index contributed by atoms with van der Waals surface area (Å²) in [6.45, 7) is 3.15. The van der Waals surface area contributed by atoms with E-state index in [-0.39, 0.29) is 0 Å². The largest absolute Gasteiger partial charge is 0.461 e. The lowest BCUT2D eigenvalue weighted by molar-refractivity contribution is 0.122. The second-order valence-corrected chi connectivity index (χ2v) is 8.46. The average molecular weight is 474 g/mol. The third kappa shape index (κ3) is 3.66. The Labute approximate surface area is 199 Å². The van der Waals surface area contributed by atoms with Gasteiger partial charge < -0.3 is 19.2 Å². The second-order valence-electron chi connectivity index (χ2n) is 8.06. The Balaban J connectivity index is 1.41. The van der Waals surface area contributed by atoms with Gasteiger partial charge in [-0.15, -0.1) is 0 Å². The van der Waals surface area contributed by atoms with Crippen molar-refractivity contribution in [3.63, 3.8) is 0 Å². The van der Waals surface area contributed by atoms with Crippen molar-refractivity contribution < 1.29 is 14.3 Å². The molecule has 0 aliphatic carbocycles. The van der Waals surface area contributed by atoms with Gasteiger partial charge >= 0.3 is 0 Å². The van der Waals surface area contributed by atoms with Crippen molar-refractivity contribution in [1.29, 1.82) is 0 Å². The molecule has 0 radical (unpaired) electrons. The first-order chi connectivity index (χ1) is 16.7. The smallest absolute Gasteiger partial charge is 0.176 e. The lowest BCUT2D eigenvalue weighted by Crippen LogP contribution is -2.36. The molecular weight excluding hydrogens is 454 g/mol. The first-order valence-corrected chi connectivity index (χ1v) is 11.3. The Morgan fingerprint density at radius 1 is 0.912 bits per heavy atom. The van der Waals surface area contributed by atoms with Crippen LogP contribution in [0.15, 0.2) is 65.8 Å². The third-order valence-electron chi connectivity index (χ3n) is 6.09. The van der Waals surface area contributed by atoms with E-state index in [4.69, 9.17) is 20.8 Å². The number of halogens is 1. The van der Waals surface area contributed by atoms with Crippen molar-refractivity contribution in [3.05, 3.63) is 77.7 Å². The van der Waals surface area contributed by atoms with Gasteiger partial charge in [-0.3, -0.25) is 0 Å². The fourth-order valence-corrected chi connectivity index (χ4v) is 4.56. The molecule has 8 nitrogen and oxygen atoms in total. The predicted molar refractivity (Wildman–Crippen MR) is 129 cm³/mol. The molecule has 0 saturated carbocycles. The van der Waals surface area contributed by atoms with Crippen LogP contribution in [0.4, 0.5) is 5.69 Å². The van der Waals surface area contributed by atoms with Crippen LogP contribution in [0.1, 0.15) is 17.4 Å². The number of nitrogens with zero attached hydrogens (tertiary/aromatic N) is 5. The summed E-state index contributed by atoms with van der Waals surface area (Å²) in [4.78, 5) is 19.8. The highest BCUT2D eigenvalue weighted by Crippen LogP contribution is 2.35. The minimum atomic E-state index is -1.09. The molecule has 170 valence electrons. The van der Waals surface area contributed by atoms with Crippen LogP contribution in [-0.2, 0) is 4.74 Å². The summed E-state index contributed by atoms with van der Waals surface area (Å²) in [5, 5.41) is 12.5. The average Bonchev–Trinajstić information content (AvgIpc) is 3.38. The SMILES string of the molecule is OC(c1cc(-c2ncnc3cc(N4CCOCC4)ccc23)ccc1Cl)c1ncnc2ccoc12. The van der Waals surface area contributed by atoms with Crippen LogP contribution in [0.3, 0.4) is 0 Å². The molecule has 5 aromatic rings. The number of hydrogen-bond acceptors (Lipinski definition) is 8. The van der Waals surface area contributed by atoms with Crippen LogP contribution in [-0.4, -0.2) is 51.3 Å². The highest BCUT2D eigenvalue weighted by Gasteiger charge is 2.22. The molecule has 1 aliphatic rings. The number of aliphatic hydroxyl groups excluding tert-OH is 1. The van der Waals surface area contributed by atoms with E-state index in [1.54, 1.807) is 18.5 Å². The van der Waals surface area contributed by atoms with Crippen LogP contribution < -0.4 is 4.90 Å². The van der Waals surface area contributed by atoms with Gasteiger partial charge in [0.25, 0.3) is 0 Å². The first-order valence-electron chi connectivity index (χ1n) is 10.9. The maximum Gasteiger partial charge on any atom is 0.176 e. The molecule has 6 rings (SSSR count). The van der Waals surface area contributed by atoms with Gasteiger partial charge in [-0.05, 0) is 30.3 Å². The molecule has 2 aromatic carbocycles. The number of ether oxygens (including phenoxy) is 1. The Bertz CT molecular complexity index is 1500. The van der Waals surface area contributed by atoms with Gasteiger partial charge in [0.05, 0.1) is 30.7 Å². The van der Waals surface area contributed by atoms with E-state index in [9.17, 15) is 5.11 Å². The number of anilines is 1. The zero-order valence-corrected chi connectivity index (χ0v) is 18.8. The first kappa shape index (κ1) is 21.0. The molecule has 0 bridgehead atoms. The summed E-state index contributed by atoms with van der Waals surface area (Å²) in [5.41, 5.74) is 5.44. The van der Waals surface area contributed by atoms with Crippen LogP contribution in [0, 0.1) is 0 Å². The molecule has 9 heteroatoms. The maximum atomic E-state index is 11.2. The zero-order chi connectivity index (χ0) is 23.1. The van der Waals surface area contributed by atoms with Crippen LogP contribution >= 0.6 is 11.6 Å². The summed E-state index contributed by atoms with van der Waals surface area (Å²) < 4.78 is 11.0. The summed E-state index contributed by atoms with van der Waals surface area (Å²) in [5.74, 6) is 0. The summed E-state index contributed by atoms with van der Waals surface area (Å²) in [7, 11) is 0. The van der Waals surface area contributed by atoms with Gasteiger partial charge in [-0.2, -0.15) is 0 Å². The highest BCUT2D eigenvalue weighted by atomic mass is 35.5. The Morgan fingerprint density at radius 3 is 2.62 bits per heavy atom. The predicted octanol–water partition coefficient (Wildman–Crippen LogP) is 4.40. The van der Waals surface area contributed by atoms with Gasteiger partial charge in [-0.25, -0.2) is 19.9 Å². The summed E-state index contributed by atoms with van der Waals surface area (Å²) in [6.07, 6.45) is 3.39. The molecule has 1 saturated heterocycles. The topological polar surface area (TPSA) is 97.4 Å². The lowest BCUT2D eigenvalue weighted by Gasteiger charge is -2.29. The van der Waals surface area contributed by atoms with Gasteiger partial charge in [0, 0.05) is 46.4 Å². The van der Waals surface area contributed by atoms with E-state index in [1.165, 1.54) is 12.6 Å². The quantitative estimate of drug-likeness (QED) is 0.410. The number of morpholine rings is 1. The maximum absolute atomic E-state index is 11.2. The number of aliphatic hydroxyl groups is 1. The molecule has 1 aliphatic heterocycles. The Kier molecular flexibility index (Phi) is 5.33. The second kappa shape index (κ2) is 8.64. The van der Waals surface area contributed by atoms with Crippen molar-refractivity contribution in [2.75, 3.05) is 31.2 Å². The van der Waals surface area contributed by atoms with E-state index in [0.717, 1.165) is 54.2 Å². The molecule has 1 fully saturated rings. The number of hydrogen-bond donors (Lipinski definition) is 1. The van der Waals surface area contributed by atoms with E-state index < -0.39 is 6.10 Å². The molecule has 34 heavy (non-hydrogen) atoms. The van der Waals surface area contributed by atoms with Crippen molar-refractivity contribution in [2.45, 2.75) is 6.10 Å². The van der Waals surface area contributed by atoms with Gasteiger partial charge in [-0.1, -0.05) is 17.7 Å². The van der Waals surface area contributed by atoms with E-state index in [0.29, 0.717) is 27.4 Å². The van der Waals surface area contributed by atoms with E-state index >= 15 is 0 Å². The van der Waals surface area contributed by atoms with Crippen LogP contribution in [0.25, 0.3) is 33.3 Å². The molecule has 1 N–H and O–H groups in total. The van der Waals surface area contributed by atoms with E-state index in [2.05, 4.69) is 37.0 Å². The number of rotatable bonds is 4. The van der Waals surface area contributed by atoms with Gasteiger partial charge in [0.1, 0.15) is 30.0 Å². The molecular formula is C25H20ClN5O3. The van der Waals surface area contributed by atoms with Gasteiger partial charge in [0.15, 0.2) is 5.58 Å². The monoisotopic (exact) mass is 473 g/mol. The summed E-state index contributed by atoms with van der Waals surface area (Å²) >= 11 is 6.50. The Hall–Kier alpha value is -3.59. The molecule has 1 unspecified atom stereocenters.